The second-order valence-electron chi connectivity index (χ2n) is 4.27. The largest absolute Gasteiger partial charge is 0.504 e. The van der Waals surface area contributed by atoms with E-state index in [-0.39, 0.29) is 11.3 Å². The normalized spacial score (nSPS) is 10.6. The summed E-state index contributed by atoms with van der Waals surface area (Å²) in [4.78, 5) is 11.1. The van der Waals surface area contributed by atoms with Gasteiger partial charge in [-0.2, -0.15) is 5.10 Å². The number of hydrazone groups is 1. The van der Waals surface area contributed by atoms with Crippen molar-refractivity contribution < 1.29 is 19.7 Å². The Kier molecular flexibility index (Phi) is 5.00. The average Bonchev–Trinajstić information content (AvgIpc) is 2.50. The number of anilines is 1. The first kappa shape index (κ1) is 15.8. The van der Waals surface area contributed by atoms with Crippen LogP contribution < -0.4 is 10.2 Å². The van der Waals surface area contributed by atoms with Crippen LogP contribution >= 0.6 is 15.9 Å². The summed E-state index contributed by atoms with van der Waals surface area (Å²) in [6, 6.07) is 9.68. The minimum absolute atomic E-state index is 0.0530. The molecule has 0 spiro atoms. The van der Waals surface area contributed by atoms with Crippen LogP contribution in [0.3, 0.4) is 0 Å². The molecule has 0 radical (unpaired) electrons. The number of phenols is 1. The second kappa shape index (κ2) is 6.95. The van der Waals surface area contributed by atoms with Crippen LogP contribution in [-0.4, -0.2) is 29.5 Å². The van der Waals surface area contributed by atoms with Crippen LogP contribution in [0.4, 0.5) is 5.69 Å². The molecule has 0 saturated heterocycles. The van der Waals surface area contributed by atoms with Crippen molar-refractivity contribution in [2.24, 2.45) is 5.10 Å². The van der Waals surface area contributed by atoms with E-state index < -0.39 is 5.97 Å². The summed E-state index contributed by atoms with van der Waals surface area (Å²) in [5.74, 6) is -0.796. The molecule has 114 valence electrons. The SMILES string of the molecule is COc1cc(Br)cc(/C=N\Nc2ccccc2C(=O)O)c1O. The number of hydrogen-bond acceptors (Lipinski definition) is 5. The van der Waals surface area contributed by atoms with E-state index in [1.807, 2.05) is 0 Å². The van der Waals surface area contributed by atoms with E-state index in [0.29, 0.717) is 17.0 Å². The first-order valence-electron chi connectivity index (χ1n) is 6.21. The lowest BCUT2D eigenvalue weighted by atomic mass is 10.2. The predicted molar refractivity (Wildman–Crippen MR) is 87.0 cm³/mol. The van der Waals surface area contributed by atoms with E-state index in [2.05, 4.69) is 26.5 Å². The van der Waals surface area contributed by atoms with Gasteiger partial charge in [0.1, 0.15) is 0 Å². The van der Waals surface area contributed by atoms with Gasteiger partial charge in [0, 0.05) is 10.0 Å². The monoisotopic (exact) mass is 364 g/mol. The fourth-order valence-electron chi connectivity index (χ4n) is 1.79. The molecule has 2 aromatic carbocycles. The number of phenolic OH excluding ortho intramolecular Hbond substituents is 1. The highest BCUT2D eigenvalue weighted by Crippen LogP contribution is 2.32. The predicted octanol–water partition coefficient (Wildman–Crippen LogP) is 3.31. The van der Waals surface area contributed by atoms with E-state index in [1.54, 1.807) is 30.3 Å². The number of aromatic hydroxyl groups is 1. The van der Waals surface area contributed by atoms with Gasteiger partial charge in [0.25, 0.3) is 0 Å². The molecule has 0 atom stereocenters. The summed E-state index contributed by atoms with van der Waals surface area (Å²) in [5, 5.41) is 23.0. The fourth-order valence-corrected chi connectivity index (χ4v) is 2.24. The van der Waals surface area contributed by atoms with E-state index in [1.165, 1.54) is 19.4 Å². The highest BCUT2D eigenvalue weighted by Gasteiger charge is 2.09. The summed E-state index contributed by atoms with van der Waals surface area (Å²) in [7, 11) is 1.45. The fraction of sp³-hybridized carbons (Fsp3) is 0.0667. The third-order valence-electron chi connectivity index (χ3n) is 2.84. The molecule has 2 rings (SSSR count). The smallest absolute Gasteiger partial charge is 0.337 e. The number of nitrogens with zero attached hydrogens (tertiary/aromatic N) is 1. The Bertz CT molecular complexity index is 731. The minimum Gasteiger partial charge on any atom is -0.504 e. The highest BCUT2D eigenvalue weighted by atomic mass is 79.9. The van der Waals surface area contributed by atoms with Crippen molar-refractivity contribution in [1.29, 1.82) is 0 Å². The number of methoxy groups -OCH3 is 1. The standard InChI is InChI=1S/C15H13BrN2O4/c1-22-13-7-10(16)6-9(14(13)19)8-17-18-12-5-3-2-4-11(12)15(20)21/h2-8,18-19H,1H3,(H,20,21)/b17-8-. The third-order valence-corrected chi connectivity index (χ3v) is 3.29. The lowest BCUT2D eigenvalue weighted by molar-refractivity contribution is 0.0698. The molecule has 0 heterocycles. The number of halogens is 1. The zero-order chi connectivity index (χ0) is 16.1. The summed E-state index contributed by atoms with van der Waals surface area (Å²) in [5.41, 5.74) is 3.53. The molecule has 0 saturated carbocycles. The molecular formula is C15H13BrN2O4. The lowest BCUT2D eigenvalue weighted by Gasteiger charge is -2.07. The van der Waals surface area contributed by atoms with Crippen LogP contribution in [0.5, 0.6) is 11.5 Å². The highest BCUT2D eigenvalue weighted by molar-refractivity contribution is 9.10. The molecule has 0 aliphatic rings. The molecule has 2 aromatic rings. The van der Waals surface area contributed by atoms with Crippen molar-refractivity contribution in [2.45, 2.75) is 0 Å². The van der Waals surface area contributed by atoms with Crippen LogP contribution in [0.25, 0.3) is 0 Å². The molecule has 0 bridgehead atoms. The molecule has 0 aromatic heterocycles. The van der Waals surface area contributed by atoms with Gasteiger partial charge in [-0.05, 0) is 24.3 Å². The van der Waals surface area contributed by atoms with Crippen molar-refractivity contribution in [3.63, 3.8) is 0 Å². The number of nitrogens with one attached hydrogen (secondary N) is 1. The molecule has 3 N–H and O–H groups in total. The molecule has 0 amide bonds. The maximum atomic E-state index is 11.1. The third kappa shape index (κ3) is 3.56. The van der Waals surface area contributed by atoms with Gasteiger partial charge in [-0.15, -0.1) is 0 Å². The van der Waals surface area contributed by atoms with Crippen LogP contribution in [-0.2, 0) is 0 Å². The van der Waals surface area contributed by atoms with Gasteiger partial charge >= 0.3 is 5.97 Å². The number of ether oxygens (including phenoxy) is 1. The number of carboxylic acid groups (broad SMARTS) is 1. The van der Waals surface area contributed by atoms with E-state index in [4.69, 9.17) is 9.84 Å². The molecular weight excluding hydrogens is 352 g/mol. The Morgan fingerprint density at radius 3 is 2.77 bits per heavy atom. The summed E-state index contributed by atoms with van der Waals surface area (Å²) in [6.45, 7) is 0. The van der Waals surface area contributed by atoms with Crippen molar-refractivity contribution in [1.82, 2.24) is 0 Å². The Hall–Kier alpha value is -2.54. The minimum atomic E-state index is -1.05. The number of para-hydroxylation sites is 1. The van der Waals surface area contributed by atoms with Crippen molar-refractivity contribution >= 4 is 33.8 Å². The first-order valence-corrected chi connectivity index (χ1v) is 7.00. The number of rotatable bonds is 5. The van der Waals surface area contributed by atoms with Crippen molar-refractivity contribution in [3.05, 3.63) is 52.0 Å². The molecule has 0 aliphatic carbocycles. The molecule has 6 nitrogen and oxygen atoms in total. The van der Waals surface area contributed by atoms with E-state index >= 15 is 0 Å². The maximum absolute atomic E-state index is 11.1. The topological polar surface area (TPSA) is 91.2 Å². The Morgan fingerprint density at radius 2 is 2.09 bits per heavy atom. The van der Waals surface area contributed by atoms with Crippen LogP contribution in [0.2, 0.25) is 0 Å². The molecule has 0 fully saturated rings. The first-order chi connectivity index (χ1) is 10.5. The lowest BCUT2D eigenvalue weighted by Crippen LogP contribution is -2.02. The Labute approximate surface area is 135 Å². The molecule has 0 unspecified atom stereocenters. The van der Waals surface area contributed by atoms with Crippen molar-refractivity contribution in [2.75, 3.05) is 12.5 Å². The van der Waals surface area contributed by atoms with Gasteiger partial charge in [-0.1, -0.05) is 28.1 Å². The molecule has 0 aliphatic heterocycles. The summed E-state index contributed by atoms with van der Waals surface area (Å²) < 4.78 is 5.76. The number of aromatic carboxylic acids is 1. The zero-order valence-corrected chi connectivity index (χ0v) is 13.2. The van der Waals surface area contributed by atoms with E-state index in [0.717, 1.165) is 4.47 Å². The summed E-state index contributed by atoms with van der Waals surface area (Å²) in [6.07, 6.45) is 1.38. The van der Waals surface area contributed by atoms with Gasteiger partial charge in [0.2, 0.25) is 0 Å². The van der Waals surface area contributed by atoms with Gasteiger partial charge in [0.05, 0.1) is 24.6 Å². The average molecular weight is 365 g/mol. The van der Waals surface area contributed by atoms with E-state index in [9.17, 15) is 9.90 Å². The van der Waals surface area contributed by atoms with Crippen LogP contribution in [0.15, 0.2) is 46.0 Å². The van der Waals surface area contributed by atoms with Gasteiger partial charge in [0.15, 0.2) is 11.5 Å². The number of carboxylic acids is 1. The van der Waals surface area contributed by atoms with Crippen LogP contribution in [0, 0.1) is 0 Å². The number of benzene rings is 2. The molecule has 22 heavy (non-hydrogen) atoms. The van der Waals surface area contributed by atoms with Crippen molar-refractivity contribution in [3.8, 4) is 11.5 Å². The zero-order valence-electron chi connectivity index (χ0n) is 11.6. The summed E-state index contributed by atoms with van der Waals surface area (Å²) >= 11 is 3.30. The van der Waals surface area contributed by atoms with Crippen LogP contribution in [0.1, 0.15) is 15.9 Å². The van der Waals surface area contributed by atoms with Gasteiger partial charge in [-0.25, -0.2) is 4.79 Å². The Morgan fingerprint density at radius 1 is 1.36 bits per heavy atom. The molecule has 7 heteroatoms. The maximum Gasteiger partial charge on any atom is 0.337 e. The van der Waals surface area contributed by atoms with Gasteiger partial charge < -0.3 is 14.9 Å². The quantitative estimate of drug-likeness (QED) is 0.559. The number of carbonyl (C=O) groups is 1. The van der Waals surface area contributed by atoms with Gasteiger partial charge in [-0.3, -0.25) is 5.43 Å². The number of hydrogen-bond donors (Lipinski definition) is 3. The Balaban J connectivity index is 2.24. The second-order valence-corrected chi connectivity index (χ2v) is 5.18.